The summed E-state index contributed by atoms with van der Waals surface area (Å²) in [4.78, 5) is 4.77. The van der Waals surface area contributed by atoms with Gasteiger partial charge in [-0.05, 0) is 48.3 Å². The van der Waals surface area contributed by atoms with Gasteiger partial charge in [-0.25, -0.2) is 4.98 Å². The van der Waals surface area contributed by atoms with E-state index in [1.807, 2.05) is 42.5 Å². The Labute approximate surface area is 146 Å². The number of hydrogen-bond donors (Lipinski definition) is 1. The zero-order valence-electron chi connectivity index (χ0n) is 13.6. The summed E-state index contributed by atoms with van der Waals surface area (Å²) in [5.74, 6) is 1.94. The summed E-state index contributed by atoms with van der Waals surface area (Å²) in [6.45, 7) is 0.703. The molecule has 1 aromatic heterocycles. The lowest BCUT2D eigenvalue weighted by molar-refractivity contribution is 0.609. The highest BCUT2D eigenvalue weighted by Gasteiger charge is 2.17. The first-order chi connectivity index (χ1) is 11.7. The van der Waals surface area contributed by atoms with Gasteiger partial charge in [0.15, 0.2) is 0 Å². The minimum atomic E-state index is -0.0803. The molecule has 2 N–H and O–H groups in total. The molecule has 0 spiro atoms. The van der Waals surface area contributed by atoms with Crippen LogP contribution in [0.3, 0.4) is 0 Å². The van der Waals surface area contributed by atoms with Gasteiger partial charge in [-0.2, -0.15) is 17.0 Å². The molecule has 2 aromatic carbocycles. The van der Waals surface area contributed by atoms with E-state index in [2.05, 4.69) is 23.0 Å². The van der Waals surface area contributed by atoms with Crippen molar-refractivity contribution in [3.05, 3.63) is 65.5 Å². The number of benzene rings is 2. The summed E-state index contributed by atoms with van der Waals surface area (Å²) < 4.78 is 2.20. The molecule has 122 valence electrons. The van der Waals surface area contributed by atoms with Gasteiger partial charge < -0.3 is 10.3 Å². The molecule has 1 heterocycles. The van der Waals surface area contributed by atoms with Crippen LogP contribution in [0.25, 0.3) is 11.0 Å². The Morgan fingerprint density at radius 2 is 1.96 bits per heavy atom. The van der Waals surface area contributed by atoms with Crippen LogP contribution in [0.5, 0.6) is 0 Å². The van der Waals surface area contributed by atoms with Gasteiger partial charge in [0.2, 0.25) is 0 Å². The number of hydrogen-bond acceptors (Lipinski definition) is 4. The van der Waals surface area contributed by atoms with Gasteiger partial charge in [0, 0.05) is 6.54 Å². The molecule has 3 aromatic rings. The second kappa shape index (κ2) is 7.52. The smallest absolute Gasteiger partial charge is 0.127 e. The molecule has 24 heavy (non-hydrogen) atoms. The largest absolute Gasteiger partial charge is 0.322 e. The van der Waals surface area contributed by atoms with Crippen molar-refractivity contribution in [1.29, 1.82) is 5.26 Å². The van der Waals surface area contributed by atoms with Crippen molar-refractivity contribution in [2.45, 2.75) is 19.0 Å². The average Bonchev–Trinajstić information content (AvgIpc) is 2.99. The van der Waals surface area contributed by atoms with Crippen LogP contribution in [0.2, 0.25) is 0 Å². The fourth-order valence-electron chi connectivity index (χ4n) is 2.78. The van der Waals surface area contributed by atoms with E-state index < -0.39 is 0 Å². The van der Waals surface area contributed by atoms with Gasteiger partial charge in [0.1, 0.15) is 5.82 Å². The Morgan fingerprint density at radius 1 is 1.21 bits per heavy atom. The zero-order chi connectivity index (χ0) is 16.9. The number of nitrogens with two attached hydrogens (primary N) is 1. The molecule has 0 aliphatic rings. The summed E-state index contributed by atoms with van der Waals surface area (Å²) in [7, 11) is 0. The highest BCUT2D eigenvalue weighted by atomic mass is 32.2. The maximum atomic E-state index is 8.94. The normalized spacial score (nSPS) is 12.2. The monoisotopic (exact) mass is 336 g/mol. The van der Waals surface area contributed by atoms with Crippen molar-refractivity contribution in [3.8, 4) is 6.07 Å². The molecule has 0 aliphatic carbocycles. The first kappa shape index (κ1) is 16.6. The van der Waals surface area contributed by atoms with Crippen LogP contribution in [-0.2, 0) is 6.54 Å². The second-order valence-corrected chi connectivity index (χ2v) is 6.73. The third-order valence-corrected chi connectivity index (χ3v) is 4.72. The summed E-state index contributed by atoms with van der Waals surface area (Å²) in [5, 5.41) is 8.94. The molecule has 0 fully saturated rings. The van der Waals surface area contributed by atoms with Crippen molar-refractivity contribution in [3.63, 3.8) is 0 Å². The number of rotatable bonds is 6. The van der Waals surface area contributed by atoms with Crippen LogP contribution in [0.15, 0.2) is 48.5 Å². The minimum Gasteiger partial charge on any atom is -0.322 e. The van der Waals surface area contributed by atoms with Crippen molar-refractivity contribution in [1.82, 2.24) is 9.55 Å². The number of nitrogens with zero attached hydrogens (tertiary/aromatic N) is 3. The third kappa shape index (κ3) is 3.45. The van der Waals surface area contributed by atoms with Crippen molar-refractivity contribution < 1.29 is 0 Å². The molecular formula is C19H20N4S. The molecule has 3 rings (SSSR count). The van der Waals surface area contributed by atoms with Gasteiger partial charge in [-0.1, -0.05) is 24.3 Å². The molecule has 0 radical (unpaired) electrons. The molecule has 1 unspecified atom stereocenters. The Kier molecular flexibility index (Phi) is 5.19. The van der Waals surface area contributed by atoms with Crippen LogP contribution in [0, 0.1) is 11.3 Å². The fraction of sp³-hybridized carbons (Fsp3) is 0.263. The number of fused-ring (bicyclic) bond motifs is 1. The van der Waals surface area contributed by atoms with Crippen LogP contribution in [0.1, 0.15) is 29.4 Å². The van der Waals surface area contributed by atoms with Crippen LogP contribution in [-0.4, -0.2) is 21.6 Å². The van der Waals surface area contributed by atoms with E-state index in [1.54, 1.807) is 11.8 Å². The van der Waals surface area contributed by atoms with E-state index in [0.717, 1.165) is 34.6 Å². The molecule has 0 amide bonds. The molecular weight excluding hydrogens is 316 g/mol. The third-order valence-electron chi connectivity index (χ3n) is 4.07. The first-order valence-electron chi connectivity index (χ1n) is 7.91. The number of nitriles is 1. The second-order valence-electron chi connectivity index (χ2n) is 5.74. The molecule has 0 aliphatic heterocycles. The van der Waals surface area contributed by atoms with Gasteiger partial charge in [0.25, 0.3) is 0 Å². The predicted molar refractivity (Wildman–Crippen MR) is 99.9 cm³/mol. The number of imidazole rings is 1. The van der Waals surface area contributed by atoms with Gasteiger partial charge >= 0.3 is 0 Å². The molecule has 0 saturated carbocycles. The van der Waals surface area contributed by atoms with Crippen LogP contribution in [0.4, 0.5) is 0 Å². The van der Waals surface area contributed by atoms with Crippen molar-refractivity contribution >= 4 is 22.8 Å². The SMILES string of the molecule is CSCCC(N)c1nc2ccccc2n1Cc1ccc(C#N)cc1. The van der Waals surface area contributed by atoms with E-state index in [0.29, 0.717) is 12.1 Å². The highest BCUT2D eigenvalue weighted by Crippen LogP contribution is 2.23. The van der Waals surface area contributed by atoms with Gasteiger partial charge in [-0.15, -0.1) is 0 Å². The number of aromatic nitrogens is 2. The lowest BCUT2D eigenvalue weighted by atomic mass is 10.1. The summed E-state index contributed by atoms with van der Waals surface area (Å²) >= 11 is 1.80. The Morgan fingerprint density at radius 3 is 2.67 bits per heavy atom. The zero-order valence-corrected chi connectivity index (χ0v) is 14.5. The number of para-hydroxylation sites is 2. The number of thioether (sulfide) groups is 1. The maximum absolute atomic E-state index is 8.94. The standard InChI is InChI=1S/C19H20N4S/c1-24-11-10-16(21)19-22-17-4-2-3-5-18(17)23(19)13-15-8-6-14(12-20)7-9-15/h2-9,16H,10-11,13,21H2,1H3. The molecule has 4 nitrogen and oxygen atoms in total. The topological polar surface area (TPSA) is 67.6 Å². The van der Waals surface area contributed by atoms with Gasteiger partial charge in [0.05, 0.1) is 28.7 Å². The minimum absolute atomic E-state index is 0.0803. The highest BCUT2D eigenvalue weighted by molar-refractivity contribution is 7.98. The summed E-state index contributed by atoms with van der Waals surface area (Å²) in [5.41, 5.74) is 10.3. The molecule has 0 saturated heterocycles. The van der Waals surface area contributed by atoms with E-state index in [9.17, 15) is 0 Å². The first-order valence-corrected chi connectivity index (χ1v) is 9.31. The molecule has 5 heteroatoms. The maximum Gasteiger partial charge on any atom is 0.127 e. The predicted octanol–water partition coefficient (Wildman–Crippen LogP) is 3.71. The summed E-state index contributed by atoms with van der Waals surface area (Å²) in [6, 6.07) is 17.9. The Bertz CT molecular complexity index is 861. The van der Waals surface area contributed by atoms with E-state index in [1.165, 1.54) is 0 Å². The van der Waals surface area contributed by atoms with Crippen molar-refractivity contribution in [2.75, 3.05) is 12.0 Å². The molecule has 0 bridgehead atoms. The Hall–Kier alpha value is -2.29. The lowest BCUT2D eigenvalue weighted by Crippen LogP contribution is -2.18. The average molecular weight is 336 g/mol. The lowest BCUT2D eigenvalue weighted by Gasteiger charge is -2.14. The fourth-order valence-corrected chi connectivity index (χ4v) is 3.27. The van der Waals surface area contributed by atoms with E-state index >= 15 is 0 Å². The van der Waals surface area contributed by atoms with Crippen LogP contribution >= 0.6 is 11.8 Å². The van der Waals surface area contributed by atoms with E-state index in [-0.39, 0.29) is 6.04 Å². The van der Waals surface area contributed by atoms with E-state index in [4.69, 9.17) is 16.0 Å². The quantitative estimate of drug-likeness (QED) is 0.745. The van der Waals surface area contributed by atoms with Gasteiger partial charge in [-0.3, -0.25) is 0 Å². The van der Waals surface area contributed by atoms with Crippen LogP contribution < -0.4 is 5.73 Å². The Balaban J connectivity index is 1.98. The summed E-state index contributed by atoms with van der Waals surface area (Å²) in [6.07, 6.45) is 2.99. The molecule has 1 atom stereocenters. The van der Waals surface area contributed by atoms with Crippen molar-refractivity contribution in [2.24, 2.45) is 5.73 Å².